The number of aryl methyl sites for hydroxylation is 2. The van der Waals surface area contributed by atoms with Gasteiger partial charge in [-0.05, 0) is 31.0 Å². The Morgan fingerprint density at radius 1 is 1.08 bits per heavy atom. The number of sulfone groups is 1. The third-order valence-corrected chi connectivity index (χ3v) is 5.37. The molecule has 0 atom stereocenters. The molecule has 0 unspecified atom stereocenters. The predicted molar refractivity (Wildman–Crippen MR) is 91.0 cm³/mol. The maximum absolute atomic E-state index is 13.5. The molecule has 6 heteroatoms. The van der Waals surface area contributed by atoms with Crippen LogP contribution in [-0.4, -0.2) is 26.6 Å². The molecule has 2 rings (SSSR count). The quantitative estimate of drug-likeness (QED) is 0.836. The third-order valence-electron chi connectivity index (χ3n) is 3.63. The van der Waals surface area contributed by atoms with Crippen LogP contribution in [0, 0.1) is 12.7 Å². The molecule has 0 aromatic heterocycles. The van der Waals surface area contributed by atoms with Crippen LogP contribution in [-0.2, 0) is 21.1 Å². The van der Waals surface area contributed by atoms with Gasteiger partial charge in [-0.3, -0.25) is 4.79 Å². The van der Waals surface area contributed by atoms with Crippen molar-refractivity contribution in [1.29, 1.82) is 0 Å². The lowest BCUT2D eigenvalue weighted by Gasteiger charge is -2.07. The summed E-state index contributed by atoms with van der Waals surface area (Å²) in [6, 6.07) is 13.1. The first-order chi connectivity index (χ1) is 11.4. The molecular formula is C18H20FNO3S. The Morgan fingerprint density at radius 2 is 1.75 bits per heavy atom. The number of amides is 1. The highest BCUT2D eigenvalue weighted by Gasteiger charge is 2.18. The molecule has 0 fully saturated rings. The van der Waals surface area contributed by atoms with E-state index in [1.807, 2.05) is 31.2 Å². The van der Waals surface area contributed by atoms with Gasteiger partial charge in [0.15, 0.2) is 9.84 Å². The molecule has 0 bridgehead atoms. The summed E-state index contributed by atoms with van der Waals surface area (Å²) in [6.07, 6.45) is 0.870. The zero-order valence-electron chi connectivity index (χ0n) is 13.5. The molecule has 0 aliphatic carbocycles. The standard InChI is InChI=1S/C18H20FNO3S/c1-14-6-8-15(9-7-14)10-11-18(21)20-12-13-24(22,23)17-5-3-2-4-16(17)19/h2-9H,10-13H2,1H3,(H,20,21). The van der Waals surface area contributed by atoms with Crippen LogP contribution in [0.5, 0.6) is 0 Å². The van der Waals surface area contributed by atoms with Crippen LogP contribution in [0.2, 0.25) is 0 Å². The smallest absolute Gasteiger partial charge is 0.220 e. The van der Waals surface area contributed by atoms with Crippen molar-refractivity contribution in [2.75, 3.05) is 12.3 Å². The van der Waals surface area contributed by atoms with Gasteiger partial charge in [-0.15, -0.1) is 0 Å². The zero-order valence-corrected chi connectivity index (χ0v) is 14.3. The monoisotopic (exact) mass is 349 g/mol. The second-order valence-corrected chi connectivity index (χ2v) is 7.66. The van der Waals surface area contributed by atoms with Crippen LogP contribution in [0.1, 0.15) is 17.5 Å². The lowest BCUT2D eigenvalue weighted by molar-refractivity contribution is -0.120. The Kier molecular flexibility index (Phi) is 6.09. The second-order valence-electron chi connectivity index (χ2n) is 5.58. The van der Waals surface area contributed by atoms with Crippen molar-refractivity contribution in [1.82, 2.24) is 5.32 Å². The van der Waals surface area contributed by atoms with E-state index in [0.29, 0.717) is 6.42 Å². The third kappa shape index (κ3) is 5.16. The molecule has 4 nitrogen and oxygen atoms in total. The van der Waals surface area contributed by atoms with Crippen LogP contribution >= 0.6 is 0 Å². The molecule has 1 N–H and O–H groups in total. The Hall–Kier alpha value is -2.21. The first-order valence-electron chi connectivity index (χ1n) is 7.68. The molecule has 128 valence electrons. The van der Waals surface area contributed by atoms with Gasteiger partial charge in [-0.2, -0.15) is 0 Å². The highest BCUT2D eigenvalue weighted by atomic mass is 32.2. The largest absolute Gasteiger partial charge is 0.355 e. The van der Waals surface area contributed by atoms with Gasteiger partial charge < -0.3 is 5.32 Å². The second kappa shape index (κ2) is 8.06. The minimum atomic E-state index is -3.75. The number of carbonyl (C=O) groups is 1. The Balaban J connectivity index is 1.80. The summed E-state index contributed by atoms with van der Waals surface area (Å²) in [7, 11) is -3.75. The van der Waals surface area contributed by atoms with Gasteiger partial charge in [-0.25, -0.2) is 12.8 Å². The first-order valence-corrected chi connectivity index (χ1v) is 9.33. The highest BCUT2D eigenvalue weighted by molar-refractivity contribution is 7.91. The van der Waals surface area contributed by atoms with Crippen LogP contribution in [0.25, 0.3) is 0 Å². The van der Waals surface area contributed by atoms with Crippen molar-refractivity contribution in [3.8, 4) is 0 Å². The summed E-state index contributed by atoms with van der Waals surface area (Å²) in [5.74, 6) is -1.33. The van der Waals surface area contributed by atoms with Crippen LogP contribution in [0.3, 0.4) is 0 Å². The zero-order chi connectivity index (χ0) is 17.6. The van der Waals surface area contributed by atoms with Crippen molar-refractivity contribution in [2.24, 2.45) is 0 Å². The SMILES string of the molecule is Cc1ccc(CCC(=O)NCCS(=O)(=O)c2ccccc2F)cc1. The van der Waals surface area contributed by atoms with E-state index in [1.54, 1.807) is 0 Å². The summed E-state index contributed by atoms with van der Waals surface area (Å²) in [4.78, 5) is 11.5. The molecule has 0 heterocycles. The molecule has 2 aromatic rings. The molecule has 0 saturated heterocycles. The van der Waals surface area contributed by atoms with Gasteiger partial charge in [0.25, 0.3) is 0 Å². The van der Waals surface area contributed by atoms with Crippen molar-refractivity contribution < 1.29 is 17.6 Å². The minimum absolute atomic E-state index is 0.0383. The van der Waals surface area contributed by atoms with E-state index in [2.05, 4.69) is 5.32 Å². The molecule has 1 amide bonds. The number of rotatable bonds is 7. The highest BCUT2D eigenvalue weighted by Crippen LogP contribution is 2.14. The fourth-order valence-electron chi connectivity index (χ4n) is 2.23. The predicted octanol–water partition coefficient (Wildman–Crippen LogP) is 2.66. The average Bonchev–Trinajstić information content (AvgIpc) is 2.54. The fraction of sp³-hybridized carbons (Fsp3) is 0.278. The number of hydrogen-bond acceptors (Lipinski definition) is 3. The molecule has 0 radical (unpaired) electrons. The summed E-state index contributed by atoms with van der Waals surface area (Å²) < 4.78 is 37.7. The maximum Gasteiger partial charge on any atom is 0.220 e. The molecule has 0 aliphatic rings. The summed E-state index contributed by atoms with van der Waals surface area (Å²) in [6.45, 7) is 1.95. The van der Waals surface area contributed by atoms with Crippen molar-refractivity contribution in [3.63, 3.8) is 0 Å². The number of benzene rings is 2. The summed E-state index contributed by atoms with van der Waals surface area (Å²) in [5.41, 5.74) is 2.20. The van der Waals surface area contributed by atoms with Gasteiger partial charge in [0.1, 0.15) is 10.7 Å². The Morgan fingerprint density at radius 3 is 2.42 bits per heavy atom. The van der Waals surface area contributed by atoms with Crippen LogP contribution < -0.4 is 5.32 Å². The fourth-order valence-corrected chi connectivity index (χ4v) is 3.47. The first kappa shape index (κ1) is 18.1. The van der Waals surface area contributed by atoms with Gasteiger partial charge in [-0.1, -0.05) is 42.0 Å². The Labute approximate surface area is 141 Å². The minimum Gasteiger partial charge on any atom is -0.355 e. The lowest BCUT2D eigenvalue weighted by Crippen LogP contribution is -2.29. The van der Waals surface area contributed by atoms with E-state index in [-0.39, 0.29) is 29.5 Å². The van der Waals surface area contributed by atoms with E-state index in [1.165, 1.54) is 18.2 Å². The van der Waals surface area contributed by atoms with E-state index < -0.39 is 15.7 Å². The molecule has 24 heavy (non-hydrogen) atoms. The van der Waals surface area contributed by atoms with E-state index in [0.717, 1.165) is 17.2 Å². The summed E-state index contributed by atoms with van der Waals surface area (Å²) >= 11 is 0. The number of nitrogens with one attached hydrogen (secondary N) is 1. The van der Waals surface area contributed by atoms with Crippen molar-refractivity contribution in [3.05, 3.63) is 65.5 Å². The average molecular weight is 349 g/mol. The number of carbonyl (C=O) groups excluding carboxylic acids is 1. The van der Waals surface area contributed by atoms with Gasteiger partial charge in [0.2, 0.25) is 5.91 Å². The molecule has 2 aromatic carbocycles. The molecule has 0 aliphatic heterocycles. The maximum atomic E-state index is 13.5. The van der Waals surface area contributed by atoms with Crippen molar-refractivity contribution in [2.45, 2.75) is 24.7 Å². The topological polar surface area (TPSA) is 63.2 Å². The van der Waals surface area contributed by atoms with E-state index in [4.69, 9.17) is 0 Å². The molecule has 0 spiro atoms. The normalized spacial score (nSPS) is 11.2. The van der Waals surface area contributed by atoms with Gasteiger partial charge >= 0.3 is 0 Å². The Bertz CT molecular complexity index is 801. The van der Waals surface area contributed by atoms with E-state index >= 15 is 0 Å². The number of halogens is 1. The van der Waals surface area contributed by atoms with E-state index in [9.17, 15) is 17.6 Å². The van der Waals surface area contributed by atoms with Crippen LogP contribution in [0.15, 0.2) is 53.4 Å². The van der Waals surface area contributed by atoms with Crippen molar-refractivity contribution >= 4 is 15.7 Å². The van der Waals surface area contributed by atoms with Gasteiger partial charge in [0.05, 0.1) is 5.75 Å². The lowest BCUT2D eigenvalue weighted by atomic mass is 10.1. The van der Waals surface area contributed by atoms with Gasteiger partial charge in [0, 0.05) is 13.0 Å². The molecule has 0 saturated carbocycles. The molecular weight excluding hydrogens is 329 g/mol. The summed E-state index contributed by atoms with van der Waals surface area (Å²) in [5, 5.41) is 2.57. The number of hydrogen-bond donors (Lipinski definition) is 1. The van der Waals surface area contributed by atoms with Crippen LogP contribution in [0.4, 0.5) is 4.39 Å².